The van der Waals surface area contributed by atoms with Crippen LogP contribution in [0.15, 0.2) is 42.9 Å². The molecule has 0 bridgehead atoms. The van der Waals surface area contributed by atoms with Crippen LogP contribution in [0.5, 0.6) is 0 Å². The molecule has 3 aromatic rings. The fourth-order valence-corrected chi connectivity index (χ4v) is 2.55. The van der Waals surface area contributed by atoms with Crippen LogP contribution in [0.3, 0.4) is 0 Å². The molecular formula is C11H7ClN2S. The third-order valence-corrected chi connectivity index (χ3v) is 3.53. The molecule has 0 atom stereocenters. The van der Waals surface area contributed by atoms with Crippen LogP contribution in [0.2, 0.25) is 5.02 Å². The number of rotatable bonds is 1. The second-order valence-electron chi connectivity index (χ2n) is 3.22. The minimum atomic E-state index is 0.764. The summed E-state index contributed by atoms with van der Waals surface area (Å²) in [5, 5.41) is 0.764. The Kier molecular flexibility index (Phi) is 2.01. The van der Waals surface area contributed by atoms with E-state index in [0.29, 0.717) is 0 Å². The topological polar surface area (TPSA) is 17.3 Å². The first-order valence-electron chi connectivity index (χ1n) is 4.51. The smallest absolute Gasteiger partial charge is 0.194 e. The van der Waals surface area contributed by atoms with E-state index in [1.165, 1.54) is 10.4 Å². The number of hydrogen-bond donors (Lipinski definition) is 0. The van der Waals surface area contributed by atoms with Gasteiger partial charge in [-0.1, -0.05) is 35.1 Å². The molecule has 2 nitrogen and oxygen atoms in total. The highest BCUT2D eigenvalue weighted by Crippen LogP contribution is 2.28. The van der Waals surface area contributed by atoms with Crippen LogP contribution < -0.4 is 0 Å². The largest absolute Gasteiger partial charge is 0.297 e. The van der Waals surface area contributed by atoms with E-state index in [2.05, 4.69) is 11.2 Å². The maximum Gasteiger partial charge on any atom is 0.194 e. The van der Waals surface area contributed by atoms with E-state index >= 15 is 0 Å². The molecule has 15 heavy (non-hydrogen) atoms. The molecule has 0 saturated heterocycles. The molecule has 0 aliphatic rings. The summed E-state index contributed by atoms with van der Waals surface area (Å²) in [7, 11) is 0. The molecule has 0 saturated carbocycles. The lowest BCUT2D eigenvalue weighted by molar-refractivity contribution is 1.23. The van der Waals surface area contributed by atoms with E-state index < -0.39 is 0 Å². The van der Waals surface area contributed by atoms with Crippen molar-refractivity contribution in [3.8, 4) is 10.4 Å². The van der Waals surface area contributed by atoms with E-state index in [4.69, 9.17) is 11.6 Å². The van der Waals surface area contributed by atoms with Crippen LogP contribution in [0.25, 0.3) is 15.4 Å². The van der Waals surface area contributed by atoms with Crippen molar-refractivity contribution in [1.82, 2.24) is 9.38 Å². The molecule has 0 fully saturated rings. The van der Waals surface area contributed by atoms with E-state index in [-0.39, 0.29) is 0 Å². The van der Waals surface area contributed by atoms with E-state index in [9.17, 15) is 0 Å². The lowest BCUT2D eigenvalue weighted by atomic mass is 10.2. The summed E-state index contributed by atoms with van der Waals surface area (Å²) in [6.07, 6.45) is 5.83. The lowest BCUT2D eigenvalue weighted by Gasteiger charge is -1.95. The maximum atomic E-state index is 5.84. The zero-order valence-electron chi connectivity index (χ0n) is 7.72. The SMILES string of the molecule is Clc1ccc(-c2cn3ccnc3s2)cc1. The molecule has 2 aromatic heterocycles. The first-order chi connectivity index (χ1) is 7.33. The first kappa shape index (κ1) is 8.95. The highest BCUT2D eigenvalue weighted by Gasteiger charge is 2.04. The molecule has 0 aliphatic carbocycles. The summed E-state index contributed by atoms with van der Waals surface area (Å²) in [6.45, 7) is 0. The third kappa shape index (κ3) is 1.54. The van der Waals surface area contributed by atoms with Crippen LogP contribution in [-0.2, 0) is 0 Å². The minimum absolute atomic E-state index is 0.764. The Morgan fingerprint density at radius 1 is 1.20 bits per heavy atom. The monoisotopic (exact) mass is 234 g/mol. The summed E-state index contributed by atoms with van der Waals surface area (Å²) >= 11 is 7.51. The number of imidazole rings is 1. The number of thiazole rings is 1. The van der Waals surface area contributed by atoms with Crippen LogP contribution in [0.1, 0.15) is 0 Å². The second kappa shape index (κ2) is 3.36. The molecule has 0 N–H and O–H groups in total. The minimum Gasteiger partial charge on any atom is -0.297 e. The van der Waals surface area contributed by atoms with Crippen LogP contribution in [0, 0.1) is 0 Å². The van der Waals surface area contributed by atoms with Crippen molar-refractivity contribution in [2.24, 2.45) is 0 Å². The Morgan fingerprint density at radius 3 is 2.73 bits per heavy atom. The Balaban J connectivity index is 2.13. The number of nitrogens with zero attached hydrogens (tertiary/aromatic N) is 2. The van der Waals surface area contributed by atoms with Gasteiger partial charge in [0.25, 0.3) is 0 Å². The van der Waals surface area contributed by atoms with Crippen LogP contribution in [-0.4, -0.2) is 9.38 Å². The van der Waals surface area contributed by atoms with Gasteiger partial charge in [-0.15, -0.1) is 0 Å². The molecule has 4 heteroatoms. The van der Waals surface area contributed by atoms with Gasteiger partial charge in [0, 0.05) is 23.6 Å². The third-order valence-electron chi connectivity index (χ3n) is 2.22. The predicted octanol–water partition coefficient (Wildman–Crippen LogP) is 3.72. The molecule has 0 radical (unpaired) electrons. The highest BCUT2D eigenvalue weighted by atomic mass is 35.5. The number of hydrogen-bond acceptors (Lipinski definition) is 2. The molecule has 0 amide bonds. The van der Waals surface area contributed by atoms with Gasteiger partial charge in [-0.25, -0.2) is 4.98 Å². The summed E-state index contributed by atoms with van der Waals surface area (Å²) in [5.41, 5.74) is 1.18. The first-order valence-corrected chi connectivity index (χ1v) is 5.71. The van der Waals surface area contributed by atoms with E-state index in [1.807, 2.05) is 34.9 Å². The van der Waals surface area contributed by atoms with Gasteiger partial charge in [0.05, 0.1) is 4.88 Å². The van der Waals surface area contributed by atoms with Crippen LogP contribution >= 0.6 is 22.9 Å². The number of fused-ring (bicyclic) bond motifs is 1. The van der Waals surface area contributed by atoms with Gasteiger partial charge in [-0.05, 0) is 17.7 Å². The van der Waals surface area contributed by atoms with E-state index in [0.717, 1.165) is 9.98 Å². The van der Waals surface area contributed by atoms with Crippen molar-refractivity contribution in [2.75, 3.05) is 0 Å². The Labute approximate surface area is 95.8 Å². The van der Waals surface area contributed by atoms with Gasteiger partial charge < -0.3 is 0 Å². The van der Waals surface area contributed by atoms with Gasteiger partial charge in [0.1, 0.15) is 0 Å². The van der Waals surface area contributed by atoms with Gasteiger partial charge in [-0.2, -0.15) is 0 Å². The summed E-state index contributed by atoms with van der Waals surface area (Å²) in [5.74, 6) is 0. The van der Waals surface area contributed by atoms with Crippen molar-refractivity contribution in [3.05, 3.63) is 47.9 Å². The molecule has 0 spiro atoms. The average Bonchev–Trinajstić information content (AvgIpc) is 2.78. The zero-order valence-corrected chi connectivity index (χ0v) is 9.29. The predicted molar refractivity (Wildman–Crippen MR) is 63.5 cm³/mol. The number of halogens is 1. The molecule has 3 rings (SSSR count). The molecule has 2 heterocycles. The fourth-order valence-electron chi connectivity index (χ4n) is 1.48. The van der Waals surface area contributed by atoms with Crippen molar-refractivity contribution in [3.63, 3.8) is 0 Å². The molecule has 0 unspecified atom stereocenters. The Hall–Kier alpha value is -1.32. The van der Waals surface area contributed by atoms with Crippen LogP contribution in [0.4, 0.5) is 0 Å². The van der Waals surface area contributed by atoms with Gasteiger partial charge in [0.2, 0.25) is 0 Å². The Bertz CT molecular complexity index is 566. The summed E-state index contributed by atoms with van der Waals surface area (Å²) < 4.78 is 2.02. The molecular weight excluding hydrogens is 228 g/mol. The quantitative estimate of drug-likeness (QED) is 0.627. The van der Waals surface area contributed by atoms with Crippen molar-refractivity contribution in [2.45, 2.75) is 0 Å². The maximum absolute atomic E-state index is 5.84. The van der Waals surface area contributed by atoms with E-state index in [1.54, 1.807) is 17.5 Å². The number of aromatic nitrogens is 2. The molecule has 1 aromatic carbocycles. The summed E-state index contributed by atoms with van der Waals surface area (Å²) in [4.78, 5) is 6.46. The standard InChI is InChI=1S/C11H7ClN2S/c12-9-3-1-8(2-4-9)10-7-14-6-5-13-11(14)15-10/h1-7H. The van der Waals surface area contributed by atoms with Crippen molar-refractivity contribution < 1.29 is 0 Å². The lowest BCUT2D eigenvalue weighted by Crippen LogP contribution is -1.72. The van der Waals surface area contributed by atoms with Gasteiger partial charge in [0.15, 0.2) is 4.96 Å². The van der Waals surface area contributed by atoms with Gasteiger partial charge in [-0.3, -0.25) is 4.40 Å². The Morgan fingerprint density at radius 2 is 2.00 bits per heavy atom. The highest BCUT2D eigenvalue weighted by molar-refractivity contribution is 7.20. The zero-order chi connectivity index (χ0) is 10.3. The molecule has 74 valence electrons. The fraction of sp³-hybridized carbons (Fsp3) is 0. The second-order valence-corrected chi connectivity index (χ2v) is 4.66. The average molecular weight is 235 g/mol. The van der Waals surface area contributed by atoms with Crippen molar-refractivity contribution >= 4 is 27.9 Å². The molecule has 0 aliphatic heterocycles. The van der Waals surface area contributed by atoms with Gasteiger partial charge >= 0.3 is 0 Å². The van der Waals surface area contributed by atoms with Crippen molar-refractivity contribution in [1.29, 1.82) is 0 Å². The normalized spacial score (nSPS) is 11.0. The number of benzene rings is 1. The summed E-state index contributed by atoms with van der Waals surface area (Å²) in [6, 6.07) is 7.85.